The molecule has 5 nitrogen and oxygen atoms in total. The van der Waals surface area contributed by atoms with Crippen LogP contribution < -0.4 is 10.5 Å². The van der Waals surface area contributed by atoms with E-state index in [2.05, 4.69) is 0 Å². The average Bonchev–Trinajstić information content (AvgIpc) is 2.56. The predicted molar refractivity (Wildman–Crippen MR) is 60.7 cm³/mol. The van der Waals surface area contributed by atoms with Gasteiger partial charge in [0.05, 0.1) is 5.02 Å². The smallest absolute Gasteiger partial charge is 0.339 e. The van der Waals surface area contributed by atoms with E-state index in [0.717, 1.165) is 0 Å². The number of benzene rings is 1. The second kappa shape index (κ2) is 4.01. The normalized spacial score (nSPS) is 17.5. The highest BCUT2D eigenvalue weighted by Gasteiger charge is 2.31. The van der Waals surface area contributed by atoms with Gasteiger partial charge in [-0.3, -0.25) is 10.5 Å². The Hall–Kier alpha value is -1.59. The minimum atomic E-state index is -1.16. The zero-order valence-electron chi connectivity index (χ0n) is 8.99. The lowest BCUT2D eigenvalue weighted by Gasteiger charge is -2.09. The summed E-state index contributed by atoms with van der Waals surface area (Å²) in [6.45, 7) is 1.37. The molecule has 1 aliphatic heterocycles. The van der Waals surface area contributed by atoms with Crippen LogP contribution in [0.3, 0.4) is 0 Å². The Bertz CT molecular complexity index is 527. The number of nitrogens with two attached hydrogens (primary N) is 1. The van der Waals surface area contributed by atoms with Crippen LogP contribution in [0.1, 0.15) is 33.2 Å². The molecule has 0 saturated carbocycles. The van der Waals surface area contributed by atoms with Crippen LogP contribution in [0, 0.1) is 0 Å². The summed E-state index contributed by atoms with van der Waals surface area (Å²) in [5.74, 6) is -1.24. The van der Waals surface area contributed by atoms with Gasteiger partial charge in [0.25, 0.3) is 0 Å². The summed E-state index contributed by atoms with van der Waals surface area (Å²) in [5.41, 5.74) is 6.31. The van der Waals surface area contributed by atoms with Gasteiger partial charge in [-0.25, -0.2) is 4.79 Å². The minimum Gasteiger partial charge on any atom is -0.478 e. The average molecular weight is 256 g/mol. The van der Waals surface area contributed by atoms with Crippen LogP contribution in [-0.2, 0) is 6.42 Å². The molecule has 0 radical (unpaired) electrons. The molecule has 1 heterocycles. The van der Waals surface area contributed by atoms with Crippen molar-refractivity contribution in [2.45, 2.75) is 19.6 Å². The number of fused-ring (bicyclic) bond motifs is 1. The van der Waals surface area contributed by atoms with Crippen LogP contribution in [0.25, 0.3) is 0 Å². The van der Waals surface area contributed by atoms with Crippen LogP contribution in [0.15, 0.2) is 6.07 Å². The summed E-state index contributed by atoms with van der Waals surface area (Å²) < 4.78 is 5.23. The molecule has 1 aliphatic rings. The summed E-state index contributed by atoms with van der Waals surface area (Å²) in [6, 6.07) is 1.22. The van der Waals surface area contributed by atoms with Gasteiger partial charge in [0.2, 0.25) is 0 Å². The van der Waals surface area contributed by atoms with Crippen molar-refractivity contribution >= 4 is 23.4 Å². The highest BCUT2D eigenvalue weighted by Crippen LogP contribution is 2.38. The maximum atomic E-state index is 11.5. The van der Waals surface area contributed by atoms with E-state index in [0.29, 0.717) is 11.1 Å². The van der Waals surface area contributed by atoms with Crippen molar-refractivity contribution in [3.63, 3.8) is 0 Å². The number of ether oxygens (including phenoxy) is 1. The van der Waals surface area contributed by atoms with Crippen molar-refractivity contribution in [1.29, 1.82) is 0 Å². The lowest BCUT2D eigenvalue weighted by atomic mass is 9.98. The first kappa shape index (κ1) is 11.9. The van der Waals surface area contributed by atoms with Gasteiger partial charge in [0.1, 0.15) is 11.3 Å². The molecule has 0 saturated heterocycles. The van der Waals surface area contributed by atoms with Crippen LogP contribution in [0.5, 0.6) is 5.75 Å². The third kappa shape index (κ3) is 1.87. The molecule has 0 bridgehead atoms. The second-order valence-corrected chi connectivity index (χ2v) is 4.22. The number of carboxylic acids is 1. The van der Waals surface area contributed by atoms with Crippen LogP contribution in [0.2, 0.25) is 5.02 Å². The summed E-state index contributed by atoms with van der Waals surface area (Å²) in [7, 11) is 0. The van der Waals surface area contributed by atoms with E-state index in [1.54, 1.807) is 0 Å². The topological polar surface area (TPSA) is 89.6 Å². The second-order valence-electron chi connectivity index (χ2n) is 3.81. The molecule has 17 heavy (non-hydrogen) atoms. The van der Waals surface area contributed by atoms with Gasteiger partial charge >= 0.3 is 5.97 Å². The van der Waals surface area contributed by atoms with Crippen molar-refractivity contribution in [3.8, 4) is 5.75 Å². The molecule has 0 spiro atoms. The Morgan fingerprint density at radius 2 is 2.24 bits per heavy atom. The first-order valence-electron chi connectivity index (χ1n) is 4.93. The molecule has 1 aromatic rings. The first-order valence-corrected chi connectivity index (χ1v) is 5.31. The lowest BCUT2D eigenvalue weighted by Crippen LogP contribution is -2.24. The Labute approximate surface area is 102 Å². The number of rotatable bonds is 2. The Kier molecular flexibility index (Phi) is 2.81. The fourth-order valence-electron chi connectivity index (χ4n) is 1.95. The van der Waals surface area contributed by atoms with E-state index in [-0.39, 0.29) is 28.5 Å². The third-order valence-electron chi connectivity index (χ3n) is 2.59. The molecular formula is C11H10ClNO4. The largest absolute Gasteiger partial charge is 0.478 e. The number of hydrogen-bond acceptors (Lipinski definition) is 4. The quantitative estimate of drug-likeness (QED) is 0.781. The fraction of sp³-hybridized carbons (Fsp3) is 0.273. The SMILES string of the molecule is CC(=O)c1c(Cl)cc(C(=O)O)c2c1CC(N)O2. The van der Waals surface area contributed by atoms with Gasteiger partial charge in [-0.15, -0.1) is 0 Å². The monoisotopic (exact) mass is 255 g/mol. The van der Waals surface area contributed by atoms with Crippen molar-refractivity contribution in [2.24, 2.45) is 5.73 Å². The number of hydrogen-bond donors (Lipinski definition) is 2. The fourth-order valence-corrected chi connectivity index (χ4v) is 2.30. The van der Waals surface area contributed by atoms with Crippen molar-refractivity contribution in [3.05, 3.63) is 27.8 Å². The standard InChI is InChI=1S/C11H10ClNO4/c1-4(14)9-5-3-8(13)17-10(5)6(11(15)16)2-7(9)12/h2,8H,3,13H2,1H3,(H,15,16). The molecule has 2 rings (SSSR count). The number of carbonyl (C=O) groups excluding carboxylic acids is 1. The Balaban J connectivity index is 2.73. The molecule has 6 heteroatoms. The molecule has 90 valence electrons. The van der Waals surface area contributed by atoms with Crippen LogP contribution >= 0.6 is 11.6 Å². The number of ketones is 1. The van der Waals surface area contributed by atoms with E-state index in [4.69, 9.17) is 27.2 Å². The van der Waals surface area contributed by atoms with E-state index in [9.17, 15) is 9.59 Å². The highest BCUT2D eigenvalue weighted by atomic mass is 35.5. The molecule has 0 aromatic heterocycles. The number of Topliss-reactive ketones (excluding diaryl/α,β-unsaturated/α-hetero) is 1. The highest BCUT2D eigenvalue weighted by molar-refractivity contribution is 6.34. The Morgan fingerprint density at radius 3 is 2.76 bits per heavy atom. The minimum absolute atomic E-state index is 0.0667. The van der Waals surface area contributed by atoms with E-state index in [1.165, 1.54) is 13.0 Å². The van der Waals surface area contributed by atoms with E-state index in [1.807, 2.05) is 0 Å². The van der Waals surface area contributed by atoms with Gasteiger partial charge in [-0.05, 0) is 13.0 Å². The van der Waals surface area contributed by atoms with Crippen molar-refractivity contribution in [2.75, 3.05) is 0 Å². The molecule has 0 amide bonds. The van der Waals surface area contributed by atoms with Gasteiger partial charge in [0.15, 0.2) is 12.0 Å². The zero-order valence-corrected chi connectivity index (χ0v) is 9.75. The molecule has 0 aliphatic carbocycles. The summed E-state index contributed by atoms with van der Waals surface area (Å²) >= 11 is 5.92. The zero-order chi connectivity index (χ0) is 12.7. The predicted octanol–water partition coefficient (Wildman–Crippen LogP) is 1.46. The van der Waals surface area contributed by atoms with Crippen LogP contribution in [-0.4, -0.2) is 23.1 Å². The van der Waals surface area contributed by atoms with Gasteiger partial charge in [0, 0.05) is 17.5 Å². The van der Waals surface area contributed by atoms with Gasteiger partial charge in [-0.1, -0.05) is 11.6 Å². The van der Waals surface area contributed by atoms with Gasteiger partial charge in [-0.2, -0.15) is 0 Å². The number of carbonyl (C=O) groups is 2. The van der Waals surface area contributed by atoms with E-state index >= 15 is 0 Å². The molecular weight excluding hydrogens is 246 g/mol. The summed E-state index contributed by atoms with van der Waals surface area (Å²) in [5, 5.41) is 9.14. The van der Waals surface area contributed by atoms with Crippen LogP contribution in [0.4, 0.5) is 0 Å². The van der Waals surface area contributed by atoms with Gasteiger partial charge < -0.3 is 9.84 Å². The molecule has 0 fully saturated rings. The van der Waals surface area contributed by atoms with Crippen molar-refractivity contribution in [1.82, 2.24) is 0 Å². The van der Waals surface area contributed by atoms with Crippen molar-refractivity contribution < 1.29 is 19.4 Å². The summed E-state index contributed by atoms with van der Waals surface area (Å²) in [4.78, 5) is 22.5. The molecule has 1 aromatic carbocycles. The lowest BCUT2D eigenvalue weighted by molar-refractivity contribution is 0.0691. The number of aromatic carboxylic acids is 1. The summed E-state index contributed by atoms with van der Waals surface area (Å²) in [6.07, 6.45) is -0.356. The Morgan fingerprint density at radius 1 is 1.59 bits per heavy atom. The first-order chi connectivity index (χ1) is 7.91. The molecule has 1 atom stereocenters. The maximum Gasteiger partial charge on any atom is 0.339 e. The molecule has 3 N–H and O–H groups in total. The molecule has 1 unspecified atom stereocenters. The number of halogens is 1. The maximum absolute atomic E-state index is 11.5. The van der Waals surface area contributed by atoms with E-state index < -0.39 is 12.2 Å². The third-order valence-corrected chi connectivity index (χ3v) is 2.89. The number of carboxylic acid groups (broad SMARTS) is 1.